The van der Waals surface area contributed by atoms with E-state index in [0.29, 0.717) is 17.7 Å². The average Bonchev–Trinajstić information content (AvgIpc) is 3.20. The first-order chi connectivity index (χ1) is 11.7. The summed E-state index contributed by atoms with van der Waals surface area (Å²) in [6.45, 7) is 3.48. The molecule has 0 radical (unpaired) electrons. The van der Waals surface area contributed by atoms with Gasteiger partial charge in [0, 0.05) is 6.54 Å². The minimum Gasteiger partial charge on any atom is -0.299 e. The molecule has 2 aromatic carbocycles. The first kappa shape index (κ1) is 15.1. The van der Waals surface area contributed by atoms with Crippen LogP contribution in [0.5, 0.6) is 0 Å². The molecule has 0 saturated carbocycles. The second-order valence-electron chi connectivity index (χ2n) is 6.49. The zero-order valence-electron chi connectivity index (χ0n) is 13.6. The van der Waals surface area contributed by atoms with Crippen molar-refractivity contribution in [2.75, 3.05) is 13.1 Å². The van der Waals surface area contributed by atoms with Gasteiger partial charge in [-0.05, 0) is 49.2 Å². The van der Waals surface area contributed by atoms with Crippen molar-refractivity contribution in [3.8, 4) is 0 Å². The zero-order chi connectivity index (χ0) is 16.5. The predicted molar refractivity (Wildman–Crippen MR) is 91.6 cm³/mol. The van der Waals surface area contributed by atoms with E-state index in [9.17, 15) is 9.59 Å². The van der Waals surface area contributed by atoms with Crippen LogP contribution in [0.2, 0.25) is 0 Å². The summed E-state index contributed by atoms with van der Waals surface area (Å²) >= 11 is 0. The SMILES string of the molecule is O=C1c2ccccc2C(=O)N1Cc1ccccc1CN1CCCC1. The normalized spacial score (nSPS) is 17.6. The Balaban J connectivity index is 1.58. The van der Waals surface area contributed by atoms with Crippen molar-refractivity contribution in [2.24, 2.45) is 0 Å². The quantitative estimate of drug-likeness (QED) is 0.813. The van der Waals surface area contributed by atoms with Crippen LogP contribution in [-0.2, 0) is 13.1 Å². The highest BCUT2D eigenvalue weighted by molar-refractivity contribution is 6.21. The monoisotopic (exact) mass is 320 g/mol. The third kappa shape index (κ3) is 2.63. The molecule has 4 rings (SSSR count). The van der Waals surface area contributed by atoms with Crippen LogP contribution in [0.1, 0.15) is 44.7 Å². The molecule has 1 saturated heterocycles. The lowest BCUT2D eigenvalue weighted by molar-refractivity contribution is 0.0641. The Bertz CT molecular complexity index is 759. The molecule has 0 aromatic heterocycles. The second kappa shape index (κ2) is 6.21. The summed E-state index contributed by atoms with van der Waals surface area (Å²) in [5, 5.41) is 0. The standard InChI is InChI=1S/C20H20N2O2/c23-19-17-9-3-4-10-18(17)20(24)22(19)14-16-8-2-1-7-15(16)13-21-11-5-6-12-21/h1-4,7-10H,5-6,11-14H2. The third-order valence-electron chi connectivity index (χ3n) is 4.92. The van der Waals surface area contributed by atoms with Crippen LogP contribution in [-0.4, -0.2) is 34.7 Å². The van der Waals surface area contributed by atoms with E-state index < -0.39 is 0 Å². The molecule has 2 aliphatic heterocycles. The molecule has 2 heterocycles. The minimum atomic E-state index is -0.188. The van der Waals surface area contributed by atoms with Crippen molar-refractivity contribution in [3.63, 3.8) is 0 Å². The fourth-order valence-corrected chi connectivity index (χ4v) is 3.60. The zero-order valence-corrected chi connectivity index (χ0v) is 13.6. The van der Waals surface area contributed by atoms with Crippen LogP contribution < -0.4 is 0 Å². The van der Waals surface area contributed by atoms with Crippen molar-refractivity contribution in [3.05, 3.63) is 70.8 Å². The molecule has 4 heteroatoms. The smallest absolute Gasteiger partial charge is 0.261 e. The number of carbonyl (C=O) groups is 2. The summed E-state index contributed by atoms with van der Waals surface area (Å²) in [6, 6.07) is 15.2. The number of carbonyl (C=O) groups excluding carboxylic acids is 2. The molecule has 4 nitrogen and oxygen atoms in total. The van der Waals surface area contributed by atoms with E-state index in [0.717, 1.165) is 25.2 Å². The molecule has 2 aliphatic rings. The average molecular weight is 320 g/mol. The molecular weight excluding hydrogens is 300 g/mol. The Kier molecular flexibility index (Phi) is 3.90. The van der Waals surface area contributed by atoms with E-state index in [-0.39, 0.29) is 11.8 Å². The minimum absolute atomic E-state index is 0.188. The van der Waals surface area contributed by atoms with Crippen LogP contribution in [0, 0.1) is 0 Å². The van der Waals surface area contributed by atoms with E-state index >= 15 is 0 Å². The molecule has 0 aliphatic carbocycles. The van der Waals surface area contributed by atoms with E-state index in [1.54, 1.807) is 24.3 Å². The molecule has 0 bridgehead atoms. The van der Waals surface area contributed by atoms with E-state index in [1.165, 1.54) is 23.3 Å². The van der Waals surface area contributed by atoms with E-state index in [1.807, 2.05) is 18.2 Å². The maximum Gasteiger partial charge on any atom is 0.261 e. The summed E-state index contributed by atoms with van der Waals surface area (Å²) < 4.78 is 0. The van der Waals surface area contributed by atoms with Gasteiger partial charge in [0.15, 0.2) is 0 Å². The fourth-order valence-electron chi connectivity index (χ4n) is 3.60. The van der Waals surface area contributed by atoms with Gasteiger partial charge >= 0.3 is 0 Å². The number of likely N-dealkylation sites (tertiary alicyclic amines) is 1. The Morgan fingerprint density at radius 2 is 1.21 bits per heavy atom. The summed E-state index contributed by atoms with van der Waals surface area (Å²) in [5.74, 6) is -0.377. The Hall–Kier alpha value is -2.46. The lowest BCUT2D eigenvalue weighted by atomic mass is 10.1. The van der Waals surface area contributed by atoms with Gasteiger partial charge in [-0.2, -0.15) is 0 Å². The topological polar surface area (TPSA) is 40.6 Å². The molecule has 2 amide bonds. The number of hydrogen-bond donors (Lipinski definition) is 0. The van der Waals surface area contributed by atoms with Gasteiger partial charge in [-0.25, -0.2) is 0 Å². The molecular formula is C20H20N2O2. The molecule has 0 spiro atoms. The Morgan fingerprint density at radius 1 is 0.708 bits per heavy atom. The summed E-state index contributed by atoms with van der Waals surface area (Å²) in [5.41, 5.74) is 3.29. The molecule has 0 N–H and O–H groups in total. The number of fused-ring (bicyclic) bond motifs is 1. The van der Waals surface area contributed by atoms with Crippen molar-refractivity contribution >= 4 is 11.8 Å². The lowest BCUT2D eigenvalue weighted by Gasteiger charge is -2.20. The highest BCUT2D eigenvalue weighted by Gasteiger charge is 2.35. The van der Waals surface area contributed by atoms with Gasteiger partial charge < -0.3 is 0 Å². The van der Waals surface area contributed by atoms with Crippen LogP contribution in [0.25, 0.3) is 0 Å². The highest BCUT2D eigenvalue weighted by atomic mass is 16.2. The largest absolute Gasteiger partial charge is 0.299 e. The number of rotatable bonds is 4. The van der Waals surface area contributed by atoms with Gasteiger partial charge in [-0.1, -0.05) is 36.4 Å². The van der Waals surface area contributed by atoms with Gasteiger partial charge in [0.05, 0.1) is 17.7 Å². The van der Waals surface area contributed by atoms with Crippen molar-refractivity contribution in [2.45, 2.75) is 25.9 Å². The lowest BCUT2D eigenvalue weighted by Crippen LogP contribution is -2.30. The molecule has 0 unspecified atom stereocenters. The van der Waals surface area contributed by atoms with Crippen LogP contribution in [0.4, 0.5) is 0 Å². The van der Waals surface area contributed by atoms with Gasteiger partial charge in [0.25, 0.3) is 11.8 Å². The molecule has 1 fully saturated rings. The Morgan fingerprint density at radius 3 is 1.79 bits per heavy atom. The van der Waals surface area contributed by atoms with E-state index in [2.05, 4.69) is 11.0 Å². The summed E-state index contributed by atoms with van der Waals surface area (Å²) in [6.07, 6.45) is 2.50. The first-order valence-corrected chi connectivity index (χ1v) is 8.48. The number of nitrogens with zero attached hydrogens (tertiary/aromatic N) is 2. The maximum atomic E-state index is 12.6. The van der Waals surface area contributed by atoms with Gasteiger partial charge in [0.2, 0.25) is 0 Å². The van der Waals surface area contributed by atoms with Crippen LogP contribution in [0.3, 0.4) is 0 Å². The number of amides is 2. The Labute approximate surface area is 141 Å². The summed E-state index contributed by atoms with van der Waals surface area (Å²) in [4.78, 5) is 28.9. The summed E-state index contributed by atoms with van der Waals surface area (Å²) in [7, 11) is 0. The maximum absolute atomic E-state index is 12.6. The van der Waals surface area contributed by atoms with E-state index in [4.69, 9.17) is 0 Å². The third-order valence-corrected chi connectivity index (χ3v) is 4.92. The second-order valence-corrected chi connectivity index (χ2v) is 6.49. The van der Waals surface area contributed by atoms with Crippen molar-refractivity contribution < 1.29 is 9.59 Å². The molecule has 2 aromatic rings. The van der Waals surface area contributed by atoms with Gasteiger partial charge in [-0.3, -0.25) is 19.4 Å². The first-order valence-electron chi connectivity index (χ1n) is 8.48. The number of hydrogen-bond acceptors (Lipinski definition) is 3. The molecule has 122 valence electrons. The molecule has 24 heavy (non-hydrogen) atoms. The number of imide groups is 1. The van der Waals surface area contributed by atoms with Gasteiger partial charge in [-0.15, -0.1) is 0 Å². The van der Waals surface area contributed by atoms with Crippen molar-refractivity contribution in [1.82, 2.24) is 9.80 Å². The predicted octanol–water partition coefficient (Wildman–Crippen LogP) is 3.08. The number of benzene rings is 2. The van der Waals surface area contributed by atoms with Crippen LogP contribution in [0.15, 0.2) is 48.5 Å². The van der Waals surface area contributed by atoms with Gasteiger partial charge in [0.1, 0.15) is 0 Å². The molecule has 0 atom stereocenters. The highest BCUT2D eigenvalue weighted by Crippen LogP contribution is 2.25. The fraction of sp³-hybridized carbons (Fsp3) is 0.300. The van der Waals surface area contributed by atoms with Crippen molar-refractivity contribution in [1.29, 1.82) is 0 Å². The van der Waals surface area contributed by atoms with Crippen LogP contribution >= 0.6 is 0 Å².